The van der Waals surface area contributed by atoms with Gasteiger partial charge >= 0.3 is 0 Å². The molecule has 0 bridgehead atoms. The maximum Gasteiger partial charge on any atom is 0.0837 e. The minimum atomic E-state index is -0.286. The monoisotopic (exact) mass is 228 g/mol. The maximum absolute atomic E-state index is 9.66. The van der Waals surface area contributed by atoms with Crippen molar-refractivity contribution in [2.45, 2.75) is 37.6 Å². The number of hydrogen-bond acceptors (Lipinski definition) is 2. The number of likely N-dealkylation sites (tertiary alicyclic amines) is 1. The highest BCUT2D eigenvalue weighted by molar-refractivity contribution is 5.33. The summed E-state index contributed by atoms with van der Waals surface area (Å²) in [6.07, 6.45) is 3.01. The van der Waals surface area contributed by atoms with Crippen LogP contribution in [0, 0.1) is 11.3 Å². The van der Waals surface area contributed by atoms with Gasteiger partial charge in [0.25, 0.3) is 0 Å². The Morgan fingerprint density at radius 3 is 2.71 bits per heavy atom. The van der Waals surface area contributed by atoms with Crippen molar-refractivity contribution in [3.8, 4) is 6.07 Å². The van der Waals surface area contributed by atoms with Crippen LogP contribution in [0.15, 0.2) is 30.3 Å². The molecule has 0 amide bonds. The Morgan fingerprint density at radius 2 is 2.06 bits per heavy atom. The van der Waals surface area contributed by atoms with Gasteiger partial charge in [0.2, 0.25) is 0 Å². The van der Waals surface area contributed by atoms with Crippen LogP contribution in [0.2, 0.25) is 0 Å². The molecule has 1 heterocycles. The average molecular weight is 228 g/mol. The molecule has 0 spiro atoms. The molecule has 0 aromatic heterocycles. The van der Waals surface area contributed by atoms with Crippen LogP contribution in [0.1, 0.15) is 31.7 Å². The first-order valence-electron chi connectivity index (χ1n) is 6.35. The van der Waals surface area contributed by atoms with Crippen molar-refractivity contribution >= 4 is 0 Å². The zero-order valence-corrected chi connectivity index (χ0v) is 10.7. The molecule has 1 aliphatic rings. The van der Waals surface area contributed by atoms with Crippen molar-refractivity contribution in [3.05, 3.63) is 35.9 Å². The first-order valence-corrected chi connectivity index (χ1v) is 6.35. The minimum Gasteiger partial charge on any atom is -0.304 e. The third kappa shape index (κ3) is 2.35. The second-order valence-electron chi connectivity index (χ2n) is 5.20. The Morgan fingerprint density at radius 1 is 1.35 bits per heavy atom. The molecule has 0 aliphatic carbocycles. The van der Waals surface area contributed by atoms with Crippen molar-refractivity contribution in [2.24, 2.45) is 0 Å². The lowest BCUT2D eigenvalue weighted by atomic mass is 9.74. The number of hydrogen-bond donors (Lipinski definition) is 0. The van der Waals surface area contributed by atoms with E-state index in [9.17, 15) is 5.26 Å². The lowest BCUT2D eigenvalue weighted by Gasteiger charge is -2.29. The van der Waals surface area contributed by atoms with E-state index in [2.05, 4.69) is 37.1 Å². The van der Waals surface area contributed by atoms with Gasteiger partial charge in [-0.15, -0.1) is 0 Å². The molecule has 2 atom stereocenters. The average Bonchev–Trinajstić information content (AvgIpc) is 2.51. The Balaban J connectivity index is 2.35. The predicted molar refractivity (Wildman–Crippen MR) is 69.7 cm³/mol. The van der Waals surface area contributed by atoms with Gasteiger partial charge in [0.05, 0.1) is 11.5 Å². The van der Waals surface area contributed by atoms with Gasteiger partial charge in [-0.1, -0.05) is 30.3 Å². The van der Waals surface area contributed by atoms with Crippen LogP contribution in [-0.4, -0.2) is 24.5 Å². The van der Waals surface area contributed by atoms with Gasteiger partial charge in [-0.2, -0.15) is 5.26 Å². The van der Waals surface area contributed by atoms with Gasteiger partial charge in [-0.25, -0.2) is 0 Å². The van der Waals surface area contributed by atoms with Crippen LogP contribution >= 0.6 is 0 Å². The van der Waals surface area contributed by atoms with Crippen LogP contribution in [0.25, 0.3) is 0 Å². The zero-order chi connectivity index (χ0) is 12.3. The van der Waals surface area contributed by atoms with E-state index in [0.29, 0.717) is 6.04 Å². The maximum atomic E-state index is 9.66. The lowest BCUT2D eigenvalue weighted by Crippen LogP contribution is -2.33. The molecule has 17 heavy (non-hydrogen) atoms. The molecule has 1 aromatic rings. The smallest absolute Gasteiger partial charge is 0.0837 e. The molecular formula is C15H20N2. The van der Waals surface area contributed by atoms with Crippen molar-refractivity contribution in [1.82, 2.24) is 4.90 Å². The molecule has 2 nitrogen and oxygen atoms in total. The van der Waals surface area contributed by atoms with E-state index in [-0.39, 0.29) is 5.41 Å². The molecule has 1 fully saturated rings. The van der Waals surface area contributed by atoms with E-state index < -0.39 is 0 Å². The number of rotatable bonds is 1. The molecular weight excluding hydrogens is 208 g/mol. The van der Waals surface area contributed by atoms with Crippen LogP contribution < -0.4 is 0 Å². The summed E-state index contributed by atoms with van der Waals surface area (Å²) in [5, 5.41) is 9.66. The molecule has 0 radical (unpaired) electrons. The third-order valence-electron chi connectivity index (χ3n) is 4.05. The molecule has 1 aliphatic heterocycles. The second-order valence-corrected chi connectivity index (χ2v) is 5.20. The van der Waals surface area contributed by atoms with Crippen molar-refractivity contribution < 1.29 is 0 Å². The Kier molecular flexibility index (Phi) is 3.49. The van der Waals surface area contributed by atoms with E-state index >= 15 is 0 Å². The number of nitriles is 1. The van der Waals surface area contributed by atoms with Crippen molar-refractivity contribution in [3.63, 3.8) is 0 Å². The summed E-state index contributed by atoms with van der Waals surface area (Å²) in [6, 6.07) is 13.4. The van der Waals surface area contributed by atoms with Crippen LogP contribution in [0.4, 0.5) is 0 Å². The molecule has 1 saturated heterocycles. The summed E-state index contributed by atoms with van der Waals surface area (Å²) >= 11 is 0. The van der Waals surface area contributed by atoms with Crippen LogP contribution in [0.5, 0.6) is 0 Å². The fourth-order valence-electron chi connectivity index (χ4n) is 2.80. The van der Waals surface area contributed by atoms with E-state index in [1.54, 1.807) is 0 Å². The SMILES string of the molecule is CC1CC(C#N)(c2ccccc2)CCCN1C. The van der Waals surface area contributed by atoms with E-state index in [1.165, 1.54) is 5.56 Å². The topological polar surface area (TPSA) is 27.0 Å². The zero-order valence-electron chi connectivity index (χ0n) is 10.7. The molecule has 1 aromatic carbocycles. The van der Waals surface area contributed by atoms with Gasteiger partial charge in [-0.3, -0.25) is 0 Å². The number of benzene rings is 1. The molecule has 90 valence electrons. The highest BCUT2D eigenvalue weighted by Crippen LogP contribution is 2.36. The lowest BCUT2D eigenvalue weighted by molar-refractivity contribution is 0.253. The summed E-state index contributed by atoms with van der Waals surface area (Å²) in [5.74, 6) is 0. The van der Waals surface area contributed by atoms with Crippen LogP contribution in [0.3, 0.4) is 0 Å². The predicted octanol–water partition coefficient (Wildman–Crippen LogP) is 2.95. The highest BCUT2D eigenvalue weighted by atomic mass is 15.1. The normalized spacial score (nSPS) is 30.5. The minimum absolute atomic E-state index is 0.286. The summed E-state index contributed by atoms with van der Waals surface area (Å²) in [5.41, 5.74) is 0.899. The Hall–Kier alpha value is -1.33. The molecule has 2 heteroatoms. The highest BCUT2D eigenvalue weighted by Gasteiger charge is 2.36. The Labute approximate surface area is 104 Å². The summed E-state index contributed by atoms with van der Waals surface area (Å²) in [7, 11) is 2.16. The molecule has 0 saturated carbocycles. The fraction of sp³-hybridized carbons (Fsp3) is 0.533. The van der Waals surface area contributed by atoms with Gasteiger partial charge in [-0.05, 0) is 45.3 Å². The fourth-order valence-corrected chi connectivity index (χ4v) is 2.80. The first kappa shape index (κ1) is 12.1. The second kappa shape index (κ2) is 4.89. The van der Waals surface area contributed by atoms with Gasteiger partial charge in [0, 0.05) is 6.04 Å². The first-order chi connectivity index (χ1) is 8.18. The quantitative estimate of drug-likeness (QED) is 0.739. The van der Waals surface area contributed by atoms with Crippen LogP contribution in [-0.2, 0) is 5.41 Å². The largest absolute Gasteiger partial charge is 0.304 e. The van der Waals surface area contributed by atoms with Gasteiger partial charge < -0.3 is 4.90 Å². The Bertz CT molecular complexity index is 407. The van der Waals surface area contributed by atoms with E-state index in [4.69, 9.17) is 0 Å². The van der Waals surface area contributed by atoms with Gasteiger partial charge in [0.15, 0.2) is 0 Å². The third-order valence-corrected chi connectivity index (χ3v) is 4.05. The molecule has 2 rings (SSSR count). The summed E-state index contributed by atoms with van der Waals surface area (Å²) in [6.45, 7) is 3.32. The summed E-state index contributed by atoms with van der Waals surface area (Å²) < 4.78 is 0. The van der Waals surface area contributed by atoms with E-state index in [1.807, 2.05) is 18.2 Å². The molecule has 0 N–H and O–H groups in total. The van der Waals surface area contributed by atoms with E-state index in [0.717, 1.165) is 25.8 Å². The number of nitrogens with zero attached hydrogens (tertiary/aromatic N) is 2. The standard InChI is InChI=1S/C15H20N2/c1-13-11-15(12-16,9-6-10-17(13)2)14-7-4-3-5-8-14/h3-5,7-8,13H,6,9-11H2,1-2H3. The summed E-state index contributed by atoms with van der Waals surface area (Å²) in [4.78, 5) is 2.36. The molecule has 2 unspecified atom stereocenters. The van der Waals surface area contributed by atoms with Crippen molar-refractivity contribution in [2.75, 3.05) is 13.6 Å². The van der Waals surface area contributed by atoms with Crippen molar-refractivity contribution in [1.29, 1.82) is 5.26 Å². The van der Waals surface area contributed by atoms with Gasteiger partial charge in [0.1, 0.15) is 0 Å².